The lowest BCUT2D eigenvalue weighted by atomic mass is 10.1. The second-order valence-corrected chi connectivity index (χ2v) is 3.53. The molecule has 2 nitrogen and oxygen atoms in total. The molecule has 0 N–H and O–H groups in total. The van der Waals surface area contributed by atoms with E-state index in [0.29, 0.717) is 12.0 Å². The monoisotopic (exact) mass is 158 g/mol. The van der Waals surface area contributed by atoms with Crippen molar-refractivity contribution in [3.8, 4) is 0 Å². The number of benzene rings is 1. The maximum Gasteiger partial charge on any atom is 0.0833 e. The molecule has 1 aromatic carbocycles. The molecule has 1 aliphatic heterocycles. The molecule has 0 bridgehead atoms. The number of rotatable bonds is 1. The van der Waals surface area contributed by atoms with Gasteiger partial charge in [0.2, 0.25) is 0 Å². The fraction of sp³-hybridized carbons (Fsp3) is 0.400. The molecule has 1 aromatic rings. The van der Waals surface area contributed by atoms with Crippen molar-refractivity contribution < 1.29 is 0 Å². The van der Waals surface area contributed by atoms with Gasteiger partial charge in [0.25, 0.3) is 0 Å². The second kappa shape index (κ2) is 2.16. The minimum absolute atomic E-state index is 0.521. The number of fused-ring (bicyclic) bond motifs is 1. The highest BCUT2D eigenvalue weighted by Gasteiger charge is 2.54. The van der Waals surface area contributed by atoms with Crippen LogP contribution in [0.5, 0.6) is 0 Å². The van der Waals surface area contributed by atoms with Gasteiger partial charge in [-0.15, -0.1) is 0 Å². The summed E-state index contributed by atoms with van der Waals surface area (Å²) in [4.78, 5) is 0. The van der Waals surface area contributed by atoms with Crippen molar-refractivity contribution in [2.24, 2.45) is 16.1 Å². The van der Waals surface area contributed by atoms with Gasteiger partial charge in [0.05, 0.1) is 12.6 Å². The maximum absolute atomic E-state index is 4.19. The quantitative estimate of drug-likeness (QED) is 0.598. The Labute approximate surface area is 71.3 Å². The van der Waals surface area contributed by atoms with E-state index in [1.807, 2.05) is 0 Å². The molecule has 0 aromatic heterocycles. The van der Waals surface area contributed by atoms with E-state index >= 15 is 0 Å². The molecule has 1 aliphatic carbocycles. The lowest BCUT2D eigenvalue weighted by Gasteiger charge is -1.97. The fourth-order valence-electron chi connectivity index (χ4n) is 2.09. The summed E-state index contributed by atoms with van der Waals surface area (Å²) in [5, 5.41) is 8.21. The summed E-state index contributed by atoms with van der Waals surface area (Å²) in [7, 11) is 0. The fourth-order valence-corrected chi connectivity index (χ4v) is 2.09. The van der Waals surface area contributed by atoms with Crippen molar-refractivity contribution in [3.63, 3.8) is 0 Å². The third-order valence-electron chi connectivity index (χ3n) is 2.82. The van der Waals surface area contributed by atoms with E-state index in [9.17, 15) is 0 Å². The Balaban J connectivity index is 1.90. The molecule has 3 rings (SSSR count). The third kappa shape index (κ3) is 0.750. The highest BCUT2D eigenvalue weighted by atomic mass is 15.2. The van der Waals surface area contributed by atoms with Gasteiger partial charge in [0.15, 0.2) is 0 Å². The van der Waals surface area contributed by atoms with E-state index < -0.39 is 0 Å². The molecule has 0 radical (unpaired) electrons. The largest absolute Gasteiger partial charge is 0.193 e. The van der Waals surface area contributed by atoms with Gasteiger partial charge in [-0.05, 0) is 5.56 Å². The van der Waals surface area contributed by atoms with Crippen LogP contribution in [-0.4, -0.2) is 12.6 Å². The smallest absolute Gasteiger partial charge is 0.0833 e. The van der Waals surface area contributed by atoms with Crippen molar-refractivity contribution >= 4 is 0 Å². The van der Waals surface area contributed by atoms with E-state index in [1.54, 1.807) is 0 Å². The van der Waals surface area contributed by atoms with Crippen molar-refractivity contribution in [1.82, 2.24) is 0 Å². The number of nitrogens with zero attached hydrogens (tertiary/aromatic N) is 2. The highest BCUT2D eigenvalue weighted by Crippen LogP contribution is 2.53. The van der Waals surface area contributed by atoms with Crippen molar-refractivity contribution in [2.75, 3.05) is 6.54 Å². The zero-order valence-corrected chi connectivity index (χ0v) is 6.72. The second-order valence-electron chi connectivity index (χ2n) is 3.53. The minimum Gasteiger partial charge on any atom is -0.193 e. The number of hydrogen-bond acceptors (Lipinski definition) is 2. The Kier molecular flexibility index (Phi) is 1.14. The van der Waals surface area contributed by atoms with Crippen LogP contribution in [0, 0.1) is 5.92 Å². The summed E-state index contributed by atoms with van der Waals surface area (Å²) in [5.74, 6) is 1.41. The molecule has 0 unspecified atom stereocenters. The Bertz CT molecular complexity index is 318. The van der Waals surface area contributed by atoms with E-state index in [4.69, 9.17) is 0 Å². The van der Waals surface area contributed by atoms with Gasteiger partial charge in [-0.1, -0.05) is 30.3 Å². The summed E-state index contributed by atoms with van der Waals surface area (Å²) in [6, 6.07) is 11.2. The van der Waals surface area contributed by atoms with Gasteiger partial charge in [-0.25, -0.2) is 0 Å². The Morgan fingerprint density at radius 1 is 1.17 bits per heavy atom. The molecule has 2 heteroatoms. The van der Waals surface area contributed by atoms with Crippen LogP contribution in [-0.2, 0) is 0 Å². The SMILES string of the molecule is c1ccc([C@H]2[C@@H]3CN=N[C@@H]32)cc1. The average Bonchev–Trinajstić information content (AvgIpc) is 2.62. The predicted molar refractivity (Wildman–Crippen MR) is 46.2 cm³/mol. The Morgan fingerprint density at radius 2 is 2.00 bits per heavy atom. The summed E-state index contributed by atoms with van der Waals surface area (Å²) in [6.07, 6.45) is 0. The summed E-state index contributed by atoms with van der Waals surface area (Å²) < 4.78 is 0. The normalized spacial score (nSPS) is 36.5. The molecular weight excluding hydrogens is 148 g/mol. The van der Waals surface area contributed by atoms with Crippen molar-refractivity contribution in [3.05, 3.63) is 35.9 Å². The lowest BCUT2D eigenvalue weighted by molar-refractivity contribution is 0.809. The predicted octanol–water partition coefficient (Wildman–Crippen LogP) is 2.23. The van der Waals surface area contributed by atoms with Gasteiger partial charge in [0.1, 0.15) is 0 Å². The van der Waals surface area contributed by atoms with Crippen LogP contribution in [0.2, 0.25) is 0 Å². The molecule has 0 saturated heterocycles. The van der Waals surface area contributed by atoms with Crippen LogP contribution in [0.15, 0.2) is 40.6 Å². The first-order valence-electron chi connectivity index (χ1n) is 4.38. The standard InChI is InChI=1S/C10H10N2/c1-2-4-7(5-3-1)9-8-6-11-12-10(8)9/h1-5,8-10H,6H2/t8-,9-,10-/m0/s1. The lowest BCUT2D eigenvalue weighted by Crippen LogP contribution is -1.86. The zero-order chi connectivity index (χ0) is 7.97. The first kappa shape index (κ1) is 6.35. The third-order valence-corrected chi connectivity index (χ3v) is 2.82. The zero-order valence-electron chi connectivity index (χ0n) is 6.72. The average molecular weight is 158 g/mol. The van der Waals surface area contributed by atoms with Crippen LogP contribution >= 0.6 is 0 Å². The summed E-state index contributed by atoms with van der Waals surface area (Å²) in [5.41, 5.74) is 1.44. The first-order valence-corrected chi connectivity index (χ1v) is 4.38. The molecule has 1 saturated carbocycles. The van der Waals surface area contributed by atoms with Crippen LogP contribution < -0.4 is 0 Å². The Morgan fingerprint density at radius 3 is 2.67 bits per heavy atom. The van der Waals surface area contributed by atoms with Crippen LogP contribution in [0.4, 0.5) is 0 Å². The molecule has 12 heavy (non-hydrogen) atoms. The van der Waals surface area contributed by atoms with Gasteiger partial charge < -0.3 is 0 Å². The van der Waals surface area contributed by atoms with Gasteiger partial charge >= 0.3 is 0 Å². The molecule has 0 amide bonds. The maximum atomic E-state index is 4.19. The van der Waals surface area contributed by atoms with Crippen LogP contribution in [0.1, 0.15) is 11.5 Å². The molecular formula is C10H10N2. The first-order chi connectivity index (χ1) is 5.97. The number of hydrogen-bond donors (Lipinski definition) is 0. The van der Waals surface area contributed by atoms with E-state index in [-0.39, 0.29) is 0 Å². The minimum atomic E-state index is 0.521. The van der Waals surface area contributed by atoms with E-state index in [0.717, 1.165) is 12.5 Å². The summed E-state index contributed by atoms with van der Waals surface area (Å²) in [6.45, 7) is 0.949. The molecule has 3 atom stereocenters. The van der Waals surface area contributed by atoms with Crippen LogP contribution in [0.3, 0.4) is 0 Å². The number of azo groups is 1. The van der Waals surface area contributed by atoms with E-state index in [1.165, 1.54) is 5.56 Å². The van der Waals surface area contributed by atoms with Gasteiger partial charge in [0, 0.05) is 11.8 Å². The van der Waals surface area contributed by atoms with E-state index in [2.05, 4.69) is 40.6 Å². The molecule has 60 valence electrons. The highest BCUT2D eigenvalue weighted by molar-refractivity contribution is 5.31. The van der Waals surface area contributed by atoms with Crippen molar-refractivity contribution in [1.29, 1.82) is 0 Å². The molecule has 1 fully saturated rings. The molecule has 1 heterocycles. The molecule has 0 spiro atoms. The molecule has 2 aliphatic rings. The van der Waals surface area contributed by atoms with Gasteiger partial charge in [-0.3, -0.25) is 0 Å². The summed E-state index contributed by atoms with van der Waals surface area (Å²) >= 11 is 0. The topological polar surface area (TPSA) is 24.7 Å². The van der Waals surface area contributed by atoms with Crippen molar-refractivity contribution in [2.45, 2.75) is 12.0 Å². The van der Waals surface area contributed by atoms with Crippen LogP contribution in [0.25, 0.3) is 0 Å². The Hall–Kier alpha value is -1.18. The van der Waals surface area contributed by atoms with Gasteiger partial charge in [-0.2, -0.15) is 10.2 Å².